The third-order valence-corrected chi connectivity index (χ3v) is 16.3. The van der Waals surface area contributed by atoms with Gasteiger partial charge in [0.1, 0.15) is 0 Å². The minimum absolute atomic E-state index is 0.219. The summed E-state index contributed by atoms with van der Waals surface area (Å²) in [5.74, 6) is 0.707. The van der Waals surface area contributed by atoms with Crippen molar-refractivity contribution in [2.24, 2.45) is 5.92 Å². The average Bonchev–Trinajstić information content (AvgIpc) is 2.96. The Morgan fingerprint density at radius 3 is 1.74 bits per heavy atom. The Morgan fingerprint density at radius 1 is 0.714 bits per heavy atom. The summed E-state index contributed by atoms with van der Waals surface area (Å²) in [4.78, 5) is 0. The van der Waals surface area contributed by atoms with Crippen LogP contribution >= 0.6 is 0 Å². The van der Waals surface area contributed by atoms with Crippen LogP contribution in [0.1, 0.15) is 91.7 Å². The molecular weight excluding hydrogens is 436 g/mol. The monoisotopic (exact) mass is 482 g/mol. The van der Waals surface area contributed by atoms with Crippen LogP contribution in [0, 0.1) is 5.92 Å². The van der Waals surface area contributed by atoms with E-state index in [0.29, 0.717) is 11.5 Å². The normalized spacial score (nSPS) is 22.9. The fourth-order valence-corrected chi connectivity index (χ4v) is 14.9. The first-order valence-corrected chi connectivity index (χ1v) is 16.0. The Morgan fingerprint density at radius 2 is 1.23 bits per heavy atom. The van der Waals surface area contributed by atoms with Gasteiger partial charge in [0.05, 0.1) is 8.07 Å². The lowest BCUT2D eigenvalue weighted by Gasteiger charge is -2.54. The molecule has 0 amide bonds. The van der Waals surface area contributed by atoms with E-state index in [9.17, 15) is 0 Å². The molecule has 0 N–H and O–H groups in total. The van der Waals surface area contributed by atoms with Crippen molar-refractivity contribution in [2.75, 3.05) is 0 Å². The maximum atomic E-state index is 2.80. The minimum atomic E-state index is -2.09. The molecule has 2 aliphatic rings. The molecule has 1 unspecified atom stereocenters. The van der Waals surface area contributed by atoms with Gasteiger partial charge in [0.15, 0.2) is 0 Å². The molecule has 2 aromatic rings. The van der Waals surface area contributed by atoms with E-state index >= 15 is 0 Å². The van der Waals surface area contributed by atoms with Crippen molar-refractivity contribution in [1.82, 2.24) is 0 Å². The standard InChI is InChI=1S/C34H46Si/c1-26-31(23-27-17-11-8-12-18-27)32(29-21-15-10-16-22-29)24-30(28-19-13-9-14-20-28)25-35(26,33(2,3)4)34(5,6)7/h9-10,13-16,19-27H,8,11-12,17-18H2,1-7H3/b31-23+. The van der Waals surface area contributed by atoms with Gasteiger partial charge in [0.25, 0.3) is 0 Å². The fourth-order valence-electron chi connectivity index (χ4n) is 7.44. The van der Waals surface area contributed by atoms with Crippen LogP contribution in [-0.2, 0) is 0 Å². The predicted molar refractivity (Wildman–Crippen MR) is 158 cm³/mol. The molecule has 0 saturated heterocycles. The molecule has 0 radical (unpaired) electrons. The lowest BCUT2D eigenvalue weighted by atomic mass is 9.84. The third kappa shape index (κ3) is 5.08. The second kappa shape index (κ2) is 10.1. The molecule has 1 aliphatic heterocycles. The third-order valence-electron chi connectivity index (χ3n) is 8.88. The Kier molecular flexibility index (Phi) is 7.48. The van der Waals surface area contributed by atoms with Crippen LogP contribution in [0.3, 0.4) is 0 Å². The number of rotatable bonds is 3. The van der Waals surface area contributed by atoms with E-state index in [0.717, 1.165) is 0 Å². The van der Waals surface area contributed by atoms with E-state index in [4.69, 9.17) is 0 Å². The van der Waals surface area contributed by atoms with Crippen molar-refractivity contribution in [3.05, 3.63) is 95.2 Å². The van der Waals surface area contributed by atoms with Crippen LogP contribution < -0.4 is 0 Å². The zero-order valence-electron chi connectivity index (χ0n) is 23.2. The number of allylic oxidation sites excluding steroid dienone is 5. The summed E-state index contributed by atoms with van der Waals surface area (Å²) in [7, 11) is -2.09. The first-order chi connectivity index (χ1) is 16.5. The maximum Gasteiger partial charge on any atom is 0.0962 e. The fraction of sp³-hybridized carbons (Fsp3) is 0.471. The highest BCUT2D eigenvalue weighted by molar-refractivity contribution is 6.92. The van der Waals surface area contributed by atoms with Crippen LogP contribution in [0.5, 0.6) is 0 Å². The largest absolute Gasteiger partial charge is 0.0962 e. The summed E-state index contributed by atoms with van der Waals surface area (Å²) >= 11 is 0. The van der Waals surface area contributed by atoms with Crippen LogP contribution in [0.2, 0.25) is 15.6 Å². The first-order valence-electron chi connectivity index (χ1n) is 13.8. The Bertz CT molecular complexity index is 1070. The van der Waals surface area contributed by atoms with Crippen molar-refractivity contribution in [3.63, 3.8) is 0 Å². The van der Waals surface area contributed by atoms with Crippen LogP contribution in [0.25, 0.3) is 11.1 Å². The quantitative estimate of drug-likeness (QED) is 0.382. The summed E-state index contributed by atoms with van der Waals surface area (Å²) in [6.45, 7) is 17.7. The summed E-state index contributed by atoms with van der Waals surface area (Å²) < 4.78 is 0. The molecule has 4 rings (SSSR count). The smallest absolute Gasteiger partial charge is 0.0849 e. The van der Waals surface area contributed by atoms with Crippen LogP contribution in [0.4, 0.5) is 0 Å². The summed E-state index contributed by atoms with van der Waals surface area (Å²) in [5, 5.41) is 0.437. The topological polar surface area (TPSA) is 0 Å². The summed E-state index contributed by atoms with van der Waals surface area (Å²) in [6, 6.07) is 22.3. The van der Waals surface area contributed by atoms with E-state index in [1.165, 1.54) is 54.4 Å². The Balaban J connectivity index is 2.05. The SMILES string of the molecule is CC1/C(=C\C2CCCCC2)C(c2ccccc2)=CC(c2ccccc2)=C[Si]1(C(C)(C)C)C(C)(C)C. The van der Waals surface area contributed by atoms with Crippen molar-refractivity contribution in [1.29, 1.82) is 0 Å². The molecule has 0 bridgehead atoms. The summed E-state index contributed by atoms with van der Waals surface area (Å²) in [6.07, 6.45) is 12.1. The van der Waals surface area contributed by atoms with Crippen LogP contribution in [0.15, 0.2) is 84.1 Å². The van der Waals surface area contributed by atoms with Gasteiger partial charge in [0, 0.05) is 0 Å². The van der Waals surface area contributed by atoms with E-state index in [1.54, 1.807) is 5.57 Å². The van der Waals surface area contributed by atoms with E-state index in [2.05, 4.69) is 127 Å². The van der Waals surface area contributed by atoms with Crippen molar-refractivity contribution in [2.45, 2.75) is 96.2 Å². The highest BCUT2D eigenvalue weighted by Crippen LogP contribution is 2.62. The molecule has 0 spiro atoms. The molecule has 35 heavy (non-hydrogen) atoms. The molecule has 1 heterocycles. The Labute approximate surface area is 216 Å². The lowest BCUT2D eigenvalue weighted by molar-refractivity contribution is 0.418. The molecule has 186 valence electrons. The molecule has 0 nitrogen and oxygen atoms in total. The van der Waals surface area contributed by atoms with Gasteiger partial charge in [-0.15, -0.1) is 0 Å². The molecule has 2 aromatic carbocycles. The van der Waals surface area contributed by atoms with E-state index < -0.39 is 8.07 Å². The van der Waals surface area contributed by atoms with Crippen molar-refractivity contribution in [3.8, 4) is 0 Å². The van der Waals surface area contributed by atoms with Gasteiger partial charge in [0.2, 0.25) is 0 Å². The molecule has 1 saturated carbocycles. The van der Waals surface area contributed by atoms with Gasteiger partial charge in [-0.2, -0.15) is 0 Å². The predicted octanol–water partition coefficient (Wildman–Crippen LogP) is 10.7. The van der Waals surface area contributed by atoms with Gasteiger partial charge < -0.3 is 0 Å². The zero-order valence-corrected chi connectivity index (χ0v) is 24.2. The minimum Gasteiger partial charge on any atom is -0.0849 e. The number of benzene rings is 2. The Hall–Kier alpha value is -2.12. The van der Waals surface area contributed by atoms with Gasteiger partial charge in [-0.3, -0.25) is 0 Å². The molecule has 0 aromatic heterocycles. The molecule has 1 fully saturated rings. The van der Waals surface area contributed by atoms with Gasteiger partial charge >= 0.3 is 0 Å². The lowest BCUT2D eigenvalue weighted by Crippen LogP contribution is -2.54. The van der Waals surface area contributed by atoms with Gasteiger partial charge in [-0.1, -0.05) is 140 Å². The number of hydrogen-bond donors (Lipinski definition) is 0. The van der Waals surface area contributed by atoms with Crippen molar-refractivity contribution < 1.29 is 0 Å². The number of hydrogen-bond acceptors (Lipinski definition) is 0. The highest BCUT2D eigenvalue weighted by Gasteiger charge is 2.56. The van der Waals surface area contributed by atoms with E-state index in [-0.39, 0.29) is 10.1 Å². The van der Waals surface area contributed by atoms with Crippen LogP contribution in [-0.4, -0.2) is 8.07 Å². The second-order valence-electron chi connectivity index (χ2n) is 13.0. The molecule has 1 heteroatoms. The van der Waals surface area contributed by atoms with Gasteiger partial charge in [-0.05, 0) is 68.3 Å². The van der Waals surface area contributed by atoms with Gasteiger partial charge in [-0.25, -0.2) is 0 Å². The highest BCUT2D eigenvalue weighted by atomic mass is 28.3. The van der Waals surface area contributed by atoms with E-state index in [1.807, 2.05) is 0 Å². The first kappa shape index (κ1) is 26.0. The molecule has 1 atom stereocenters. The van der Waals surface area contributed by atoms with Crippen molar-refractivity contribution >= 4 is 19.2 Å². The average molecular weight is 483 g/mol. The molecular formula is C34H46Si. The second-order valence-corrected chi connectivity index (χ2v) is 18.9. The zero-order chi connectivity index (χ0) is 25.3. The summed E-state index contributed by atoms with van der Waals surface area (Å²) in [5.41, 5.74) is 10.5. The maximum absolute atomic E-state index is 2.80. The molecule has 1 aliphatic carbocycles.